The Kier molecular flexibility index (Phi) is 6.54. The molecular weight excluding hydrogens is 364 g/mol. The predicted octanol–water partition coefficient (Wildman–Crippen LogP) is 2.73. The second-order valence-electron chi connectivity index (χ2n) is 7.82. The molecule has 1 aliphatic heterocycles. The molecule has 0 radical (unpaired) electrons. The first-order valence-electron chi connectivity index (χ1n) is 10.0. The van der Waals surface area contributed by atoms with Gasteiger partial charge >= 0.3 is 0 Å². The van der Waals surface area contributed by atoms with Crippen LogP contribution in [0.1, 0.15) is 27.0 Å². The smallest absolute Gasteiger partial charge is 0.251 e. The van der Waals surface area contributed by atoms with Crippen molar-refractivity contribution in [3.05, 3.63) is 58.7 Å². The van der Waals surface area contributed by atoms with Gasteiger partial charge in [0.15, 0.2) is 0 Å². The fourth-order valence-electron chi connectivity index (χ4n) is 3.39. The molecule has 154 valence electrons. The van der Waals surface area contributed by atoms with Crippen LogP contribution in [0.4, 0.5) is 11.4 Å². The highest BCUT2D eigenvalue weighted by atomic mass is 16.2. The zero-order valence-corrected chi connectivity index (χ0v) is 17.7. The monoisotopic (exact) mass is 394 g/mol. The van der Waals surface area contributed by atoms with Gasteiger partial charge in [-0.2, -0.15) is 0 Å². The zero-order valence-electron chi connectivity index (χ0n) is 17.7. The second-order valence-corrected chi connectivity index (χ2v) is 7.82. The van der Waals surface area contributed by atoms with Crippen molar-refractivity contribution in [1.29, 1.82) is 0 Å². The van der Waals surface area contributed by atoms with Gasteiger partial charge in [-0.1, -0.05) is 6.07 Å². The van der Waals surface area contributed by atoms with E-state index in [2.05, 4.69) is 33.5 Å². The van der Waals surface area contributed by atoms with E-state index in [1.807, 2.05) is 45.0 Å². The van der Waals surface area contributed by atoms with E-state index < -0.39 is 0 Å². The molecule has 0 spiro atoms. The number of nitrogens with one attached hydrogen (secondary N) is 2. The van der Waals surface area contributed by atoms with Gasteiger partial charge in [0.2, 0.25) is 5.91 Å². The van der Waals surface area contributed by atoms with Crippen molar-refractivity contribution in [2.75, 3.05) is 50.0 Å². The lowest BCUT2D eigenvalue weighted by Gasteiger charge is -2.34. The summed E-state index contributed by atoms with van der Waals surface area (Å²) in [4.78, 5) is 29.3. The normalized spacial score (nSPS) is 14.6. The number of carbonyl (C=O) groups excluding carboxylic acids is 2. The van der Waals surface area contributed by atoms with E-state index >= 15 is 0 Å². The summed E-state index contributed by atoms with van der Waals surface area (Å²) >= 11 is 0. The van der Waals surface area contributed by atoms with Crippen molar-refractivity contribution in [2.24, 2.45) is 0 Å². The molecule has 1 aliphatic rings. The minimum atomic E-state index is -0.245. The molecule has 2 aromatic rings. The Morgan fingerprint density at radius 1 is 0.897 bits per heavy atom. The second kappa shape index (κ2) is 9.09. The van der Waals surface area contributed by atoms with Crippen LogP contribution in [-0.2, 0) is 4.79 Å². The van der Waals surface area contributed by atoms with Gasteiger partial charge in [-0.25, -0.2) is 0 Å². The first-order chi connectivity index (χ1) is 13.8. The summed E-state index contributed by atoms with van der Waals surface area (Å²) in [5.41, 5.74) is 5.71. The molecule has 0 aliphatic carbocycles. The van der Waals surface area contributed by atoms with Gasteiger partial charge in [-0.3, -0.25) is 9.59 Å². The van der Waals surface area contributed by atoms with E-state index in [9.17, 15) is 9.59 Å². The number of aryl methyl sites for hydroxylation is 3. The largest absolute Gasteiger partial charge is 0.369 e. The van der Waals surface area contributed by atoms with E-state index in [4.69, 9.17) is 0 Å². The van der Waals surface area contributed by atoms with Crippen LogP contribution in [0.2, 0.25) is 0 Å². The topological polar surface area (TPSA) is 64.7 Å². The molecule has 3 rings (SSSR count). The van der Waals surface area contributed by atoms with Gasteiger partial charge in [0.25, 0.3) is 5.91 Å². The number of carbonyl (C=O) groups is 2. The molecule has 6 heteroatoms. The summed E-state index contributed by atoms with van der Waals surface area (Å²) in [5.74, 6) is -0.483. The standard InChI is InChI=1S/C23H30N4O2/c1-16-5-6-19(13-17(16)2)23(29)24-15-22(28)25-21-8-7-20(14-18(21)3)27-11-9-26(4)10-12-27/h5-8,13-14H,9-12,15H2,1-4H3,(H,24,29)(H,25,28). The van der Waals surface area contributed by atoms with Crippen LogP contribution in [0.25, 0.3) is 0 Å². The molecule has 0 atom stereocenters. The van der Waals surface area contributed by atoms with E-state index in [1.54, 1.807) is 6.07 Å². The third kappa shape index (κ3) is 5.35. The van der Waals surface area contributed by atoms with Crippen LogP contribution in [0.3, 0.4) is 0 Å². The highest BCUT2D eigenvalue weighted by Crippen LogP contribution is 2.23. The fraction of sp³-hybridized carbons (Fsp3) is 0.391. The SMILES string of the molecule is Cc1ccc(C(=O)NCC(=O)Nc2ccc(N3CCN(C)CC3)cc2C)cc1C. The molecule has 0 saturated carbocycles. The van der Waals surface area contributed by atoms with Crippen LogP contribution in [0, 0.1) is 20.8 Å². The molecule has 6 nitrogen and oxygen atoms in total. The molecule has 2 aromatic carbocycles. The van der Waals surface area contributed by atoms with Crippen LogP contribution in [0.15, 0.2) is 36.4 Å². The molecule has 29 heavy (non-hydrogen) atoms. The number of benzene rings is 2. The number of likely N-dealkylation sites (N-methyl/N-ethyl adjacent to an activating group) is 1. The molecule has 2 amide bonds. The fourth-order valence-corrected chi connectivity index (χ4v) is 3.39. The maximum absolute atomic E-state index is 12.3. The maximum Gasteiger partial charge on any atom is 0.251 e. The van der Waals surface area contributed by atoms with Crippen LogP contribution >= 0.6 is 0 Å². The lowest BCUT2D eigenvalue weighted by atomic mass is 10.1. The molecule has 2 N–H and O–H groups in total. The predicted molar refractivity (Wildman–Crippen MR) is 118 cm³/mol. The number of anilines is 2. The summed E-state index contributed by atoms with van der Waals surface area (Å²) in [6.07, 6.45) is 0. The van der Waals surface area contributed by atoms with Crippen LogP contribution in [0.5, 0.6) is 0 Å². The number of nitrogens with zero attached hydrogens (tertiary/aromatic N) is 2. The minimum absolute atomic E-state index is 0.0641. The lowest BCUT2D eigenvalue weighted by Crippen LogP contribution is -2.44. The summed E-state index contributed by atoms with van der Waals surface area (Å²) in [7, 11) is 2.14. The van der Waals surface area contributed by atoms with E-state index in [0.29, 0.717) is 5.56 Å². The summed E-state index contributed by atoms with van der Waals surface area (Å²) in [6.45, 7) is 10.0. The van der Waals surface area contributed by atoms with E-state index in [0.717, 1.165) is 48.6 Å². The molecule has 1 heterocycles. The molecule has 0 unspecified atom stereocenters. The van der Waals surface area contributed by atoms with Crippen molar-refractivity contribution in [3.8, 4) is 0 Å². The molecular formula is C23H30N4O2. The minimum Gasteiger partial charge on any atom is -0.369 e. The lowest BCUT2D eigenvalue weighted by molar-refractivity contribution is -0.115. The number of hydrogen-bond donors (Lipinski definition) is 2. The quantitative estimate of drug-likeness (QED) is 0.819. The van der Waals surface area contributed by atoms with Crippen LogP contribution in [-0.4, -0.2) is 56.5 Å². The number of piperazine rings is 1. The first kappa shape index (κ1) is 20.9. The Labute approximate surface area is 172 Å². The number of rotatable bonds is 5. The third-order valence-corrected chi connectivity index (χ3v) is 5.53. The van der Waals surface area contributed by atoms with Gasteiger partial charge in [0, 0.05) is 43.1 Å². The molecule has 0 bridgehead atoms. The Balaban J connectivity index is 1.54. The Hall–Kier alpha value is -2.86. The average molecular weight is 395 g/mol. The maximum atomic E-state index is 12.3. The zero-order chi connectivity index (χ0) is 21.0. The van der Waals surface area contributed by atoms with Gasteiger partial charge < -0.3 is 20.4 Å². The van der Waals surface area contributed by atoms with Gasteiger partial charge in [0.1, 0.15) is 0 Å². The molecule has 0 aromatic heterocycles. The number of hydrogen-bond acceptors (Lipinski definition) is 4. The highest BCUT2D eigenvalue weighted by Gasteiger charge is 2.15. The van der Waals surface area contributed by atoms with Crippen molar-refractivity contribution >= 4 is 23.2 Å². The van der Waals surface area contributed by atoms with E-state index in [1.165, 1.54) is 5.69 Å². The van der Waals surface area contributed by atoms with Crippen molar-refractivity contribution in [2.45, 2.75) is 20.8 Å². The first-order valence-corrected chi connectivity index (χ1v) is 10.0. The Morgan fingerprint density at radius 2 is 1.62 bits per heavy atom. The van der Waals surface area contributed by atoms with Gasteiger partial charge in [-0.15, -0.1) is 0 Å². The van der Waals surface area contributed by atoms with Crippen molar-refractivity contribution < 1.29 is 9.59 Å². The highest BCUT2D eigenvalue weighted by molar-refractivity contribution is 5.99. The van der Waals surface area contributed by atoms with E-state index in [-0.39, 0.29) is 18.4 Å². The Bertz CT molecular complexity index is 902. The Morgan fingerprint density at radius 3 is 2.28 bits per heavy atom. The molecule has 1 saturated heterocycles. The van der Waals surface area contributed by atoms with Gasteiger partial charge in [-0.05, 0) is 74.8 Å². The van der Waals surface area contributed by atoms with Crippen LogP contribution < -0.4 is 15.5 Å². The summed E-state index contributed by atoms with van der Waals surface area (Å²) < 4.78 is 0. The van der Waals surface area contributed by atoms with Gasteiger partial charge in [0.05, 0.1) is 6.54 Å². The summed E-state index contributed by atoms with van der Waals surface area (Å²) in [6, 6.07) is 11.6. The molecule has 1 fully saturated rings. The third-order valence-electron chi connectivity index (χ3n) is 5.53. The summed E-state index contributed by atoms with van der Waals surface area (Å²) in [5, 5.41) is 5.58. The van der Waals surface area contributed by atoms with Crippen molar-refractivity contribution in [3.63, 3.8) is 0 Å². The van der Waals surface area contributed by atoms with Crippen molar-refractivity contribution in [1.82, 2.24) is 10.2 Å². The average Bonchev–Trinajstić information content (AvgIpc) is 2.70. The number of amides is 2.